The number of aromatic nitrogens is 1. The molecular formula is C18H34IN5S. The van der Waals surface area contributed by atoms with Crippen molar-refractivity contribution in [3.8, 4) is 0 Å². The summed E-state index contributed by atoms with van der Waals surface area (Å²) in [5.41, 5.74) is 1.12. The molecule has 2 rings (SSSR count). The SMILES string of the molecule is CCNC(=NCc1nc(C)c(C)s1)NCCCN1CCCCC1C.I. The number of hydrogen-bond donors (Lipinski definition) is 2. The van der Waals surface area contributed by atoms with Crippen LogP contribution in [0.3, 0.4) is 0 Å². The van der Waals surface area contributed by atoms with Crippen LogP contribution in [0.4, 0.5) is 0 Å². The van der Waals surface area contributed by atoms with Crippen molar-refractivity contribution in [1.82, 2.24) is 20.5 Å². The second kappa shape index (κ2) is 12.1. The zero-order valence-electron chi connectivity index (χ0n) is 16.1. The summed E-state index contributed by atoms with van der Waals surface area (Å²) in [4.78, 5) is 13.1. The van der Waals surface area contributed by atoms with Gasteiger partial charge in [0.15, 0.2) is 5.96 Å². The van der Waals surface area contributed by atoms with E-state index in [9.17, 15) is 0 Å². The van der Waals surface area contributed by atoms with Gasteiger partial charge in [-0.15, -0.1) is 35.3 Å². The number of likely N-dealkylation sites (tertiary alicyclic amines) is 1. The highest BCUT2D eigenvalue weighted by Crippen LogP contribution is 2.17. The smallest absolute Gasteiger partial charge is 0.191 e. The lowest BCUT2D eigenvalue weighted by atomic mass is 10.0. The Morgan fingerprint density at radius 1 is 1.32 bits per heavy atom. The van der Waals surface area contributed by atoms with Crippen LogP contribution in [0.15, 0.2) is 4.99 Å². The van der Waals surface area contributed by atoms with Gasteiger partial charge < -0.3 is 15.5 Å². The first-order valence-corrected chi connectivity index (χ1v) is 10.1. The van der Waals surface area contributed by atoms with Crippen molar-refractivity contribution in [2.45, 2.75) is 66.0 Å². The van der Waals surface area contributed by atoms with Crippen LogP contribution in [-0.4, -0.2) is 48.1 Å². The molecule has 1 aliphatic heterocycles. The summed E-state index contributed by atoms with van der Waals surface area (Å²) in [5.74, 6) is 0.898. The van der Waals surface area contributed by atoms with Gasteiger partial charge in [0.2, 0.25) is 0 Å². The van der Waals surface area contributed by atoms with Crippen LogP contribution in [0.5, 0.6) is 0 Å². The second-order valence-corrected chi connectivity index (χ2v) is 7.89. The largest absolute Gasteiger partial charge is 0.357 e. The van der Waals surface area contributed by atoms with E-state index >= 15 is 0 Å². The third-order valence-electron chi connectivity index (χ3n) is 4.64. The molecule has 0 bridgehead atoms. The van der Waals surface area contributed by atoms with Gasteiger partial charge in [0.05, 0.1) is 12.2 Å². The zero-order chi connectivity index (χ0) is 17.4. The van der Waals surface area contributed by atoms with Crippen molar-refractivity contribution >= 4 is 41.3 Å². The summed E-state index contributed by atoms with van der Waals surface area (Å²) >= 11 is 1.74. The van der Waals surface area contributed by atoms with Crippen molar-refractivity contribution in [3.05, 3.63) is 15.6 Å². The molecule has 1 aromatic heterocycles. The zero-order valence-corrected chi connectivity index (χ0v) is 19.2. The maximum Gasteiger partial charge on any atom is 0.191 e. The lowest BCUT2D eigenvalue weighted by Gasteiger charge is -2.33. The van der Waals surface area contributed by atoms with Gasteiger partial charge in [-0.1, -0.05) is 6.42 Å². The number of aliphatic imine (C=N–C) groups is 1. The standard InChI is InChI=1S/C18H33N5S.HI/c1-5-19-18(21-13-17-22-15(3)16(4)24-17)20-10-8-12-23-11-7-6-9-14(23)2;/h14H,5-13H2,1-4H3,(H2,19,20,21);1H. The van der Waals surface area contributed by atoms with Gasteiger partial charge in [-0.05, 0) is 53.5 Å². The van der Waals surface area contributed by atoms with Crippen molar-refractivity contribution in [3.63, 3.8) is 0 Å². The molecule has 5 nitrogen and oxygen atoms in total. The quantitative estimate of drug-likeness (QED) is 0.271. The van der Waals surface area contributed by atoms with Crippen LogP contribution < -0.4 is 10.6 Å². The molecule has 144 valence electrons. The fourth-order valence-electron chi connectivity index (χ4n) is 3.07. The van der Waals surface area contributed by atoms with Gasteiger partial charge in [-0.3, -0.25) is 0 Å². The van der Waals surface area contributed by atoms with Crippen molar-refractivity contribution in [2.24, 2.45) is 4.99 Å². The summed E-state index contributed by atoms with van der Waals surface area (Å²) in [6.45, 7) is 13.6. The average molecular weight is 479 g/mol. The molecule has 2 N–H and O–H groups in total. The molecule has 2 heterocycles. The molecule has 1 aliphatic rings. The van der Waals surface area contributed by atoms with Crippen LogP contribution in [0, 0.1) is 13.8 Å². The third-order valence-corrected chi connectivity index (χ3v) is 5.70. The van der Waals surface area contributed by atoms with E-state index < -0.39 is 0 Å². The highest BCUT2D eigenvalue weighted by atomic mass is 127. The maximum atomic E-state index is 4.67. The predicted molar refractivity (Wildman–Crippen MR) is 119 cm³/mol. The van der Waals surface area contributed by atoms with E-state index in [0.29, 0.717) is 6.54 Å². The summed E-state index contributed by atoms with van der Waals surface area (Å²) < 4.78 is 0. The molecule has 0 amide bonds. The third kappa shape index (κ3) is 7.78. The molecule has 0 saturated carbocycles. The van der Waals surface area contributed by atoms with Crippen molar-refractivity contribution in [1.29, 1.82) is 0 Å². The fourth-order valence-corrected chi connectivity index (χ4v) is 3.93. The molecule has 0 aromatic carbocycles. The van der Waals surface area contributed by atoms with Gasteiger partial charge in [-0.2, -0.15) is 0 Å². The predicted octanol–water partition coefficient (Wildman–Crippen LogP) is 3.70. The number of hydrogen-bond acceptors (Lipinski definition) is 4. The van der Waals surface area contributed by atoms with E-state index in [-0.39, 0.29) is 24.0 Å². The monoisotopic (exact) mass is 479 g/mol. The molecule has 7 heteroatoms. The van der Waals surface area contributed by atoms with E-state index in [1.165, 1.54) is 37.2 Å². The summed E-state index contributed by atoms with van der Waals surface area (Å²) in [6.07, 6.45) is 5.26. The lowest BCUT2D eigenvalue weighted by molar-refractivity contribution is 0.159. The van der Waals surface area contributed by atoms with Crippen LogP contribution in [0.2, 0.25) is 0 Å². The number of rotatable bonds is 7. The van der Waals surface area contributed by atoms with Crippen molar-refractivity contribution < 1.29 is 0 Å². The molecule has 1 aromatic rings. The van der Waals surface area contributed by atoms with E-state index in [4.69, 9.17) is 0 Å². The Kier molecular flexibility index (Phi) is 10.9. The Hall–Kier alpha value is -0.410. The normalized spacial score (nSPS) is 18.7. The Balaban J connectivity index is 0.00000312. The van der Waals surface area contributed by atoms with Gasteiger partial charge in [0, 0.05) is 30.6 Å². The van der Waals surface area contributed by atoms with Crippen LogP contribution in [0.25, 0.3) is 0 Å². The second-order valence-electron chi connectivity index (χ2n) is 6.61. The molecule has 1 atom stereocenters. The Labute approximate surface area is 174 Å². The molecular weight excluding hydrogens is 445 g/mol. The van der Waals surface area contributed by atoms with Gasteiger partial charge in [0.1, 0.15) is 5.01 Å². The minimum absolute atomic E-state index is 0. The molecule has 0 aliphatic carbocycles. The average Bonchev–Trinajstić information content (AvgIpc) is 2.89. The number of nitrogens with zero attached hydrogens (tertiary/aromatic N) is 3. The molecule has 25 heavy (non-hydrogen) atoms. The summed E-state index contributed by atoms with van der Waals surface area (Å²) in [6, 6.07) is 0.747. The highest BCUT2D eigenvalue weighted by Gasteiger charge is 2.17. The number of thiazole rings is 1. The molecule has 1 fully saturated rings. The minimum Gasteiger partial charge on any atom is -0.357 e. The number of guanidine groups is 1. The molecule has 0 radical (unpaired) electrons. The van der Waals surface area contributed by atoms with Crippen LogP contribution in [-0.2, 0) is 6.54 Å². The Bertz CT molecular complexity index is 512. The van der Waals surface area contributed by atoms with Crippen LogP contribution in [0.1, 0.15) is 55.1 Å². The Morgan fingerprint density at radius 2 is 2.12 bits per heavy atom. The van der Waals surface area contributed by atoms with Crippen LogP contribution >= 0.6 is 35.3 Å². The first-order valence-electron chi connectivity index (χ1n) is 9.29. The molecule has 0 spiro atoms. The lowest BCUT2D eigenvalue weighted by Crippen LogP contribution is -2.41. The van der Waals surface area contributed by atoms with Crippen molar-refractivity contribution in [2.75, 3.05) is 26.2 Å². The fraction of sp³-hybridized carbons (Fsp3) is 0.778. The maximum absolute atomic E-state index is 4.67. The van der Waals surface area contributed by atoms with E-state index in [0.717, 1.165) is 42.2 Å². The summed E-state index contributed by atoms with van der Waals surface area (Å²) in [7, 11) is 0. The van der Waals surface area contributed by atoms with Gasteiger partial charge >= 0.3 is 0 Å². The van der Waals surface area contributed by atoms with E-state index in [1.807, 2.05) is 0 Å². The molecule has 1 saturated heterocycles. The molecule has 1 unspecified atom stereocenters. The first-order chi connectivity index (χ1) is 11.6. The Morgan fingerprint density at radius 3 is 2.76 bits per heavy atom. The highest BCUT2D eigenvalue weighted by molar-refractivity contribution is 14.0. The van der Waals surface area contributed by atoms with E-state index in [1.54, 1.807) is 11.3 Å². The topological polar surface area (TPSA) is 52.6 Å². The first kappa shape index (κ1) is 22.6. The minimum atomic E-state index is 0. The van der Waals surface area contributed by atoms with Gasteiger partial charge in [0.25, 0.3) is 0 Å². The number of nitrogens with one attached hydrogen (secondary N) is 2. The number of aryl methyl sites for hydroxylation is 2. The van der Waals surface area contributed by atoms with E-state index in [2.05, 4.69) is 53.2 Å². The summed E-state index contributed by atoms with van der Waals surface area (Å²) in [5, 5.41) is 7.87. The number of piperidine rings is 1. The van der Waals surface area contributed by atoms with Gasteiger partial charge in [-0.25, -0.2) is 9.98 Å². The number of halogens is 1.